The zero-order valence-corrected chi connectivity index (χ0v) is 14.4. The molecule has 0 fully saturated rings. The molecule has 0 aliphatic rings. The van der Waals surface area contributed by atoms with Crippen molar-refractivity contribution in [3.05, 3.63) is 51.9 Å². The van der Waals surface area contributed by atoms with Crippen LogP contribution in [0.3, 0.4) is 0 Å². The average molecular weight is 328 g/mol. The molecule has 0 amide bonds. The third kappa shape index (κ3) is 3.03. The summed E-state index contributed by atoms with van der Waals surface area (Å²) in [7, 11) is 0. The lowest BCUT2D eigenvalue weighted by Crippen LogP contribution is -2.22. The lowest BCUT2D eigenvalue weighted by atomic mass is 10.1. The minimum atomic E-state index is -0.0583. The van der Waals surface area contributed by atoms with Gasteiger partial charge in [-0.2, -0.15) is 5.10 Å². The largest absolute Gasteiger partial charge is 0.286 e. The van der Waals surface area contributed by atoms with Crippen molar-refractivity contribution in [3.63, 3.8) is 0 Å². The van der Waals surface area contributed by atoms with Crippen LogP contribution in [0.2, 0.25) is 0 Å². The Morgan fingerprint density at radius 3 is 2.65 bits per heavy atom. The second-order valence-corrected chi connectivity index (χ2v) is 6.32. The van der Waals surface area contributed by atoms with Crippen LogP contribution in [0, 0.1) is 6.92 Å². The third-order valence-corrected chi connectivity index (χ3v) is 4.92. The van der Waals surface area contributed by atoms with Gasteiger partial charge in [0.15, 0.2) is 10.7 Å². The van der Waals surface area contributed by atoms with Gasteiger partial charge in [0, 0.05) is 18.8 Å². The van der Waals surface area contributed by atoms with Gasteiger partial charge in [-0.3, -0.25) is 14.0 Å². The molecule has 0 bridgehead atoms. The normalized spacial score (nSPS) is 11.3. The maximum atomic E-state index is 12.6. The van der Waals surface area contributed by atoms with Crippen LogP contribution in [0.1, 0.15) is 25.0 Å². The molecule has 3 aromatic rings. The number of nitrogens with zero attached hydrogens (tertiary/aromatic N) is 4. The maximum Gasteiger partial charge on any atom is 0.282 e. The van der Waals surface area contributed by atoms with E-state index < -0.39 is 0 Å². The molecule has 0 radical (unpaired) electrons. The number of aromatic nitrogens is 4. The van der Waals surface area contributed by atoms with Crippen LogP contribution in [0.4, 0.5) is 0 Å². The minimum absolute atomic E-state index is 0.0583. The molecular formula is C17H20N4OS. The molecule has 0 N–H and O–H groups in total. The molecule has 0 saturated heterocycles. The van der Waals surface area contributed by atoms with Gasteiger partial charge in [0.2, 0.25) is 0 Å². The number of benzene rings is 1. The first-order chi connectivity index (χ1) is 11.1. The Morgan fingerprint density at radius 2 is 1.96 bits per heavy atom. The summed E-state index contributed by atoms with van der Waals surface area (Å²) < 4.78 is 3.47. The Labute approximate surface area is 139 Å². The van der Waals surface area contributed by atoms with Crippen LogP contribution in [-0.2, 0) is 18.8 Å². The van der Waals surface area contributed by atoms with Gasteiger partial charge in [-0.15, -0.1) is 0 Å². The molecule has 2 heterocycles. The fraction of sp³-hybridized carbons (Fsp3) is 0.353. The van der Waals surface area contributed by atoms with Gasteiger partial charge >= 0.3 is 0 Å². The highest BCUT2D eigenvalue weighted by molar-refractivity contribution is 7.98. The first kappa shape index (κ1) is 15.8. The van der Waals surface area contributed by atoms with Crippen LogP contribution < -0.4 is 5.56 Å². The standard InChI is InChI=1S/C17H20N4OS/c1-4-20-10-14-15(19-20)16(22)21(5-2)17(18-14)23-11-13-9-7-6-8-12(13)3/h6-10H,4-5,11H2,1-3H3. The number of aryl methyl sites for hydroxylation is 2. The fourth-order valence-corrected chi connectivity index (χ4v) is 3.63. The first-order valence-corrected chi connectivity index (χ1v) is 8.78. The number of hydrogen-bond donors (Lipinski definition) is 0. The Balaban J connectivity index is 1.99. The number of rotatable bonds is 5. The van der Waals surface area contributed by atoms with Crippen LogP contribution in [-0.4, -0.2) is 19.3 Å². The number of thioether (sulfide) groups is 1. The smallest absolute Gasteiger partial charge is 0.282 e. The van der Waals surface area contributed by atoms with Crippen LogP contribution in [0.25, 0.3) is 11.0 Å². The molecule has 0 aliphatic heterocycles. The van der Waals surface area contributed by atoms with E-state index >= 15 is 0 Å². The summed E-state index contributed by atoms with van der Waals surface area (Å²) in [6, 6.07) is 8.29. The van der Waals surface area contributed by atoms with E-state index in [2.05, 4.69) is 29.1 Å². The Kier molecular flexibility index (Phi) is 4.52. The molecule has 0 unspecified atom stereocenters. The van der Waals surface area contributed by atoms with Crippen molar-refractivity contribution < 1.29 is 0 Å². The topological polar surface area (TPSA) is 52.7 Å². The SMILES string of the molecule is CCn1cc2nc(SCc3ccccc3C)n(CC)c(=O)c2n1. The van der Waals surface area contributed by atoms with Gasteiger partial charge in [0.1, 0.15) is 5.52 Å². The van der Waals surface area contributed by atoms with E-state index in [1.54, 1.807) is 21.0 Å². The molecule has 6 heteroatoms. The molecule has 0 aliphatic carbocycles. The van der Waals surface area contributed by atoms with Gasteiger partial charge in [0.05, 0.1) is 6.20 Å². The van der Waals surface area contributed by atoms with Crippen molar-refractivity contribution in [2.24, 2.45) is 0 Å². The van der Waals surface area contributed by atoms with Crippen LogP contribution in [0.15, 0.2) is 40.4 Å². The van der Waals surface area contributed by atoms with Gasteiger partial charge in [-0.25, -0.2) is 4.98 Å². The number of fused-ring (bicyclic) bond motifs is 1. The summed E-state index contributed by atoms with van der Waals surface area (Å²) in [5.74, 6) is 0.798. The van der Waals surface area contributed by atoms with Gasteiger partial charge < -0.3 is 0 Å². The summed E-state index contributed by atoms with van der Waals surface area (Å²) in [6.45, 7) is 7.39. The van der Waals surface area contributed by atoms with Crippen molar-refractivity contribution in [2.45, 2.75) is 44.8 Å². The third-order valence-electron chi connectivity index (χ3n) is 3.90. The molecular weight excluding hydrogens is 308 g/mol. The van der Waals surface area contributed by atoms with E-state index in [0.717, 1.165) is 17.5 Å². The summed E-state index contributed by atoms with van der Waals surface area (Å²) in [6.07, 6.45) is 1.84. The van der Waals surface area contributed by atoms with Crippen molar-refractivity contribution >= 4 is 22.8 Å². The zero-order valence-electron chi connectivity index (χ0n) is 13.6. The van der Waals surface area contributed by atoms with E-state index in [0.29, 0.717) is 17.6 Å². The number of hydrogen-bond acceptors (Lipinski definition) is 4. The van der Waals surface area contributed by atoms with E-state index in [-0.39, 0.29) is 5.56 Å². The minimum Gasteiger partial charge on any atom is -0.286 e. The summed E-state index contributed by atoms with van der Waals surface area (Å²) in [4.78, 5) is 17.3. The summed E-state index contributed by atoms with van der Waals surface area (Å²) in [5, 5.41) is 5.08. The highest BCUT2D eigenvalue weighted by Crippen LogP contribution is 2.23. The molecule has 2 aromatic heterocycles. The highest BCUT2D eigenvalue weighted by Gasteiger charge is 2.14. The zero-order chi connectivity index (χ0) is 16.4. The maximum absolute atomic E-state index is 12.6. The van der Waals surface area contributed by atoms with E-state index in [4.69, 9.17) is 0 Å². The summed E-state index contributed by atoms with van der Waals surface area (Å²) in [5.41, 5.74) is 3.59. The Hall–Kier alpha value is -2.08. The lowest BCUT2D eigenvalue weighted by Gasteiger charge is -2.10. The second-order valence-electron chi connectivity index (χ2n) is 5.38. The Bertz CT molecular complexity index is 897. The Morgan fingerprint density at radius 1 is 1.17 bits per heavy atom. The fourth-order valence-electron chi connectivity index (χ4n) is 2.49. The van der Waals surface area contributed by atoms with Gasteiger partial charge in [0.25, 0.3) is 5.56 Å². The van der Waals surface area contributed by atoms with Crippen molar-refractivity contribution in [2.75, 3.05) is 0 Å². The molecule has 0 atom stereocenters. The first-order valence-electron chi connectivity index (χ1n) is 7.79. The predicted molar refractivity (Wildman–Crippen MR) is 93.9 cm³/mol. The molecule has 23 heavy (non-hydrogen) atoms. The molecule has 1 aromatic carbocycles. The van der Waals surface area contributed by atoms with Crippen molar-refractivity contribution in [1.29, 1.82) is 0 Å². The second kappa shape index (κ2) is 6.58. The van der Waals surface area contributed by atoms with E-state index in [1.165, 1.54) is 11.1 Å². The summed E-state index contributed by atoms with van der Waals surface area (Å²) >= 11 is 1.60. The average Bonchev–Trinajstić information content (AvgIpc) is 2.98. The monoisotopic (exact) mass is 328 g/mol. The molecule has 0 saturated carbocycles. The van der Waals surface area contributed by atoms with Gasteiger partial charge in [-0.1, -0.05) is 36.0 Å². The van der Waals surface area contributed by atoms with Crippen LogP contribution >= 0.6 is 11.8 Å². The molecule has 5 nitrogen and oxygen atoms in total. The highest BCUT2D eigenvalue weighted by atomic mass is 32.2. The quantitative estimate of drug-likeness (QED) is 0.533. The van der Waals surface area contributed by atoms with Gasteiger partial charge in [-0.05, 0) is 31.9 Å². The van der Waals surface area contributed by atoms with E-state index in [1.807, 2.05) is 32.2 Å². The predicted octanol–water partition coefficient (Wildman–Crippen LogP) is 3.23. The molecule has 3 rings (SSSR count). The lowest BCUT2D eigenvalue weighted by molar-refractivity contribution is 0.630. The van der Waals surface area contributed by atoms with Crippen molar-refractivity contribution in [1.82, 2.24) is 19.3 Å². The van der Waals surface area contributed by atoms with E-state index in [9.17, 15) is 4.79 Å². The van der Waals surface area contributed by atoms with Crippen LogP contribution in [0.5, 0.6) is 0 Å². The molecule has 120 valence electrons. The molecule has 0 spiro atoms. The van der Waals surface area contributed by atoms with Crippen molar-refractivity contribution in [3.8, 4) is 0 Å².